The maximum atomic E-state index is 12.5. The van der Waals surface area contributed by atoms with E-state index in [1.165, 1.54) is 116 Å². The molecule has 263 valence electrons. The Morgan fingerprint density at radius 2 is 0.800 bits per heavy atom. The predicted molar refractivity (Wildman–Crippen MR) is 195 cm³/mol. The quantitative estimate of drug-likeness (QED) is 0.0375. The van der Waals surface area contributed by atoms with Crippen molar-refractivity contribution in [1.29, 1.82) is 0 Å². The predicted octanol–water partition coefficient (Wildman–Crippen LogP) is 11.2. The van der Waals surface area contributed by atoms with Crippen molar-refractivity contribution >= 4 is 11.8 Å². The van der Waals surface area contributed by atoms with Gasteiger partial charge in [0.25, 0.3) is 0 Å². The van der Waals surface area contributed by atoms with Gasteiger partial charge in [0, 0.05) is 19.3 Å². The van der Waals surface area contributed by atoms with Gasteiger partial charge in [0.1, 0.15) is 6.17 Å². The Morgan fingerprint density at radius 3 is 1.11 bits per heavy atom. The molecule has 45 heavy (non-hydrogen) atoms. The molecule has 0 aromatic carbocycles. The third-order valence-corrected chi connectivity index (χ3v) is 8.51. The Labute approximate surface area is 280 Å². The molecule has 2 amide bonds. The minimum absolute atomic E-state index is 0.0698. The summed E-state index contributed by atoms with van der Waals surface area (Å²) in [6.45, 7) is 8.15. The summed E-state index contributed by atoms with van der Waals surface area (Å²) in [4.78, 5) is 25.0. The van der Waals surface area contributed by atoms with E-state index in [1.54, 1.807) is 0 Å². The third-order valence-electron chi connectivity index (χ3n) is 8.51. The molecule has 3 N–H and O–H groups in total. The zero-order chi connectivity index (χ0) is 33.1. The summed E-state index contributed by atoms with van der Waals surface area (Å²) in [6, 6.07) is 0. The highest BCUT2D eigenvalue weighted by molar-refractivity contribution is 5.79. The first-order valence-corrected chi connectivity index (χ1v) is 19.4. The van der Waals surface area contributed by atoms with Crippen LogP contribution >= 0.6 is 0 Å². The fourth-order valence-electron chi connectivity index (χ4n) is 5.67. The summed E-state index contributed by atoms with van der Waals surface area (Å²) in [6.07, 6.45) is 41.0. The number of nitrogens with one attached hydrogen (secondary N) is 2. The number of aliphatic hydroxyl groups is 1. The van der Waals surface area contributed by atoms with Gasteiger partial charge in [-0.3, -0.25) is 9.59 Å². The van der Waals surface area contributed by atoms with Crippen molar-refractivity contribution in [2.24, 2.45) is 0 Å². The monoisotopic (exact) mass is 632 g/mol. The molecule has 5 nitrogen and oxygen atoms in total. The van der Waals surface area contributed by atoms with Crippen molar-refractivity contribution in [3.63, 3.8) is 0 Å². The molecular weight excluding hydrogens is 556 g/mol. The summed E-state index contributed by atoms with van der Waals surface area (Å²) in [5, 5.41) is 15.6. The van der Waals surface area contributed by atoms with E-state index in [2.05, 4.69) is 55.7 Å². The first-order chi connectivity index (χ1) is 22.0. The maximum absolute atomic E-state index is 12.5. The number of hydrogen-bond donors (Lipinski definition) is 3. The largest absolute Gasteiger partial charge is 0.393 e. The van der Waals surface area contributed by atoms with Crippen LogP contribution in [0.25, 0.3) is 0 Å². The molecule has 0 heterocycles. The molecule has 0 aromatic rings. The highest BCUT2D eigenvalue weighted by atomic mass is 16.3. The van der Waals surface area contributed by atoms with E-state index in [0.29, 0.717) is 12.8 Å². The summed E-state index contributed by atoms with van der Waals surface area (Å²) in [7, 11) is 0. The Bertz CT molecular complexity index is 650. The normalized spacial score (nSPS) is 12.5. The number of unbranched alkanes of at least 4 members (excludes halogenated alkanes) is 22. The minimum Gasteiger partial charge on any atom is -0.393 e. The van der Waals surface area contributed by atoms with Crippen LogP contribution in [0.15, 0.2) is 24.3 Å². The molecule has 0 aliphatic rings. The van der Waals surface area contributed by atoms with Crippen LogP contribution < -0.4 is 10.6 Å². The number of rotatable bonds is 34. The standard InChI is InChI=1S/C40H75N2O3/c1-4-6-8-10-12-14-16-18-20-22-24-26-28-30-32-34-39(44)41-38(36-37(3)43)42-40(45)35-33-31-29-27-25-23-21-19-17-15-13-11-9-7-5-2/h18-21,37-38,43H,3-17,22-36H2,1-2H3,(H,41,44)(H,42,45)/b20-18-,21-19-. The van der Waals surface area contributed by atoms with E-state index in [1.807, 2.05) is 0 Å². The van der Waals surface area contributed by atoms with E-state index < -0.39 is 12.3 Å². The molecule has 1 unspecified atom stereocenters. The number of aliphatic hydroxyl groups excluding tert-OH is 1. The first-order valence-electron chi connectivity index (χ1n) is 19.4. The van der Waals surface area contributed by atoms with Crippen LogP contribution in [0.2, 0.25) is 0 Å². The van der Waals surface area contributed by atoms with Crippen molar-refractivity contribution in [2.75, 3.05) is 0 Å². The number of amides is 2. The van der Waals surface area contributed by atoms with Crippen molar-refractivity contribution in [2.45, 2.75) is 212 Å². The fraction of sp³-hybridized carbons (Fsp3) is 0.825. The molecule has 0 bridgehead atoms. The SMILES string of the molecule is [CH2]C(O)CC(NC(=O)CCCCCCC/C=C\CCCCCCCC)NC(=O)CCCCCCC/C=C\CCCCCCCC. The van der Waals surface area contributed by atoms with Gasteiger partial charge in [-0.25, -0.2) is 0 Å². The Hall–Kier alpha value is -1.62. The number of hydrogen-bond acceptors (Lipinski definition) is 3. The van der Waals surface area contributed by atoms with Gasteiger partial charge in [-0.2, -0.15) is 0 Å². The van der Waals surface area contributed by atoms with Crippen LogP contribution in [0.4, 0.5) is 0 Å². The summed E-state index contributed by atoms with van der Waals surface area (Å²) in [5.41, 5.74) is 0. The zero-order valence-electron chi connectivity index (χ0n) is 29.9. The molecule has 1 radical (unpaired) electrons. The molecule has 0 aliphatic heterocycles. The minimum atomic E-state index is -0.838. The van der Waals surface area contributed by atoms with Gasteiger partial charge >= 0.3 is 0 Å². The van der Waals surface area contributed by atoms with Crippen molar-refractivity contribution < 1.29 is 14.7 Å². The molecule has 1 atom stereocenters. The molecule has 0 rings (SSSR count). The molecule has 0 aliphatic carbocycles. The molecule has 0 saturated carbocycles. The lowest BCUT2D eigenvalue weighted by atomic mass is 10.1. The zero-order valence-corrected chi connectivity index (χ0v) is 29.9. The summed E-state index contributed by atoms with van der Waals surface area (Å²) < 4.78 is 0. The van der Waals surface area contributed by atoms with Gasteiger partial charge in [-0.05, 0) is 71.1 Å². The van der Waals surface area contributed by atoms with Gasteiger partial charge in [-0.15, -0.1) is 0 Å². The van der Waals surface area contributed by atoms with Gasteiger partial charge in [0.15, 0.2) is 0 Å². The average molecular weight is 632 g/mol. The fourth-order valence-corrected chi connectivity index (χ4v) is 5.67. The van der Waals surface area contributed by atoms with Gasteiger partial charge in [0.05, 0.1) is 6.10 Å². The smallest absolute Gasteiger partial charge is 0.221 e. The van der Waals surface area contributed by atoms with Crippen molar-refractivity contribution in [1.82, 2.24) is 10.6 Å². The second kappa shape index (κ2) is 35.2. The van der Waals surface area contributed by atoms with Crippen LogP contribution in [0.3, 0.4) is 0 Å². The topological polar surface area (TPSA) is 78.4 Å². The van der Waals surface area contributed by atoms with Crippen molar-refractivity contribution in [3.05, 3.63) is 31.2 Å². The highest BCUT2D eigenvalue weighted by Crippen LogP contribution is 2.12. The second-order valence-electron chi connectivity index (χ2n) is 13.2. The number of allylic oxidation sites excluding steroid dienone is 4. The van der Waals surface area contributed by atoms with E-state index in [9.17, 15) is 14.7 Å². The Morgan fingerprint density at radius 1 is 0.511 bits per heavy atom. The average Bonchev–Trinajstić information content (AvgIpc) is 3.00. The van der Waals surface area contributed by atoms with E-state index >= 15 is 0 Å². The van der Waals surface area contributed by atoms with Crippen molar-refractivity contribution in [3.8, 4) is 0 Å². The van der Waals surface area contributed by atoms with E-state index in [-0.39, 0.29) is 18.2 Å². The van der Waals surface area contributed by atoms with Gasteiger partial charge < -0.3 is 15.7 Å². The van der Waals surface area contributed by atoms with Crippen LogP contribution in [0.5, 0.6) is 0 Å². The lowest BCUT2D eigenvalue weighted by Crippen LogP contribution is -2.49. The molecule has 0 saturated heterocycles. The number of carbonyl (C=O) groups is 2. The number of carbonyl (C=O) groups excluding carboxylic acids is 2. The lowest BCUT2D eigenvalue weighted by Gasteiger charge is -2.21. The molecule has 0 spiro atoms. The van der Waals surface area contributed by atoms with E-state index in [4.69, 9.17) is 0 Å². The molecule has 0 fully saturated rings. The highest BCUT2D eigenvalue weighted by Gasteiger charge is 2.17. The third kappa shape index (κ3) is 35.1. The molecule has 5 heteroatoms. The van der Waals surface area contributed by atoms with Crippen LogP contribution in [0.1, 0.15) is 200 Å². The summed E-state index contributed by atoms with van der Waals surface area (Å²) >= 11 is 0. The van der Waals surface area contributed by atoms with Gasteiger partial charge in [0.2, 0.25) is 11.8 Å². The second-order valence-corrected chi connectivity index (χ2v) is 13.2. The lowest BCUT2D eigenvalue weighted by molar-refractivity contribution is -0.124. The van der Waals surface area contributed by atoms with E-state index in [0.717, 1.165) is 51.4 Å². The summed E-state index contributed by atoms with van der Waals surface area (Å²) in [5.74, 6) is -0.140. The van der Waals surface area contributed by atoms with Crippen LogP contribution in [0, 0.1) is 6.92 Å². The molecular formula is C40H75N2O3. The van der Waals surface area contributed by atoms with Crippen LogP contribution in [-0.2, 0) is 9.59 Å². The Balaban J connectivity index is 3.81. The first kappa shape index (κ1) is 43.4. The Kier molecular flexibility index (Phi) is 34.0. The van der Waals surface area contributed by atoms with Gasteiger partial charge in [-0.1, -0.05) is 141 Å². The molecule has 0 aromatic heterocycles. The maximum Gasteiger partial charge on any atom is 0.221 e. The van der Waals surface area contributed by atoms with Crippen LogP contribution in [-0.4, -0.2) is 29.2 Å².